The van der Waals surface area contributed by atoms with Gasteiger partial charge in [0, 0.05) is 17.4 Å². The largest absolute Gasteiger partial charge is 0.348 e. The second-order valence-corrected chi connectivity index (χ2v) is 12.1. The predicted octanol–water partition coefficient (Wildman–Crippen LogP) is 8.96. The number of benzene rings is 2. The van der Waals surface area contributed by atoms with E-state index < -0.39 is 0 Å². The minimum Gasteiger partial charge on any atom is -0.348 e. The Balaban J connectivity index is 1.78. The van der Waals surface area contributed by atoms with E-state index in [4.69, 9.17) is 0 Å². The summed E-state index contributed by atoms with van der Waals surface area (Å²) in [5.74, 6) is 1.47. The quantitative estimate of drug-likeness (QED) is 0.218. The zero-order valence-corrected chi connectivity index (χ0v) is 24.6. The summed E-state index contributed by atoms with van der Waals surface area (Å²) in [5, 5.41) is 3.35. The van der Waals surface area contributed by atoms with Crippen molar-refractivity contribution in [3.05, 3.63) is 88.5 Å². The second kappa shape index (κ2) is 14.0. The van der Waals surface area contributed by atoms with Crippen LogP contribution in [0.15, 0.2) is 71.2 Å². The van der Waals surface area contributed by atoms with Crippen molar-refractivity contribution in [2.45, 2.75) is 109 Å². The molecule has 1 aliphatic carbocycles. The van der Waals surface area contributed by atoms with Crippen LogP contribution in [-0.4, -0.2) is 11.9 Å². The summed E-state index contributed by atoms with van der Waals surface area (Å²) >= 11 is 1.73. The van der Waals surface area contributed by atoms with Gasteiger partial charge in [-0.3, -0.25) is 9.52 Å². The Morgan fingerprint density at radius 2 is 1.51 bits per heavy atom. The first-order valence-electron chi connectivity index (χ1n) is 13.9. The van der Waals surface area contributed by atoms with Crippen LogP contribution in [0, 0.1) is 0 Å². The van der Waals surface area contributed by atoms with Crippen molar-refractivity contribution in [1.82, 2.24) is 10.0 Å². The Bertz CT molecular complexity index is 1060. The molecule has 0 aliphatic heterocycles. The summed E-state index contributed by atoms with van der Waals surface area (Å²) in [5.41, 5.74) is 6.69. The molecule has 0 spiro atoms. The highest BCUT2D eigenvalue weighted by molar-refractivity contribution is 7.97. The Hall–Kier alpha value is -2.30. The molecule has 200 valence electrons. The van der Waals surface area contributed by atoms with Crippen LogP contribution in [0.1, 0.15) is 120 Å². The third kappa shape index (κ3) is 8.35. The fourth-order valence-electron chi connectivity index (χ4n) is 4.76. The topological polar surface area (TPSA) is 41.1 Å². The molecule has 37 heavy (non-hydrogen) atoms. The van der Waals surface area contributed by atoms with Crippen LogP contribution in [0.3, 0.4) is 0 Å². The molecule has 0 saturated carbocycles. The van der Waals surface area contributed by atoms with Crippen LogP contribution in [0.2, 0.25) is 0 Å². The third-order valence-corrected chi connectivity index (χ3v) is 8.33. The van der Waals surface area contributed by atoms with Gasteiger partial charge >= 0.3 is 0 Å². The van der Waals surface area contributed by atoms with Gasteiger partial charge in [-0.15, -0.1) is 0 Å². The molecular weight excluding hydrogens is 472 g/mol. The zero-order chi connectivity index (χ0) is 26.9. The van der Waals surface area contributed by atoms with Crippen molar-refractivity contribution in [1.29, 1.82) is 0 Å². The van der Waals surface area contributed by atoms with Gasteiger partial charge in [0.1, 0.15) is 0 Å². The van der Waals surface area contributed by atoms with E-state index in [0.29, 0.717) is 24.2 Å². The summed E-state index contributed by atoms with van der Waals surface area (Å²) < 4.78 is 3.73. The van der Waals surface area contributed by atoms with E-state index in [1.54, 1.807) is 11.9 Å². The lowest BCUT2D eigenvalue weighted by Gasteiger charge is -2.28. The molecule has 3 rings (SSSR count). The monoisotopic (exact) mass is 518 g/mol. The molecule has 4 heteroatoms. The van der Waals surface area contributed by atoms with E-state index in [0.717, 1.165) is 24.8 Å². The van der Waals surface area contributed by atoms with Gasteiger partial charge in [-0.25, -0.2) is 0 Å². The number of hydrogen-bond acceptors (Lipinski definition) is 3. The highest BCUT2D eigenvalue weighted by Gasteiger charge is 2.24. The first-order chi connectivity index (χ1) is 17.7. The van der Waals surface area contributed by atoms with E-state index in [-0.39, 0.29) is 18.0 Å². The fourth-order valence-corrected chi connectivity index (χ4v) is 6.02. The van der Waals surface area contributed by atoms with E-state index in [1.807, 2.05) is 18.2 Å². The lowest BCUT2D eigenvalue weighted by Crippen LogP contribution is -2.40. The first kappa shape index (κ1) is 29.3. The SMILES string of the molecule is CC(C)c1cc(C(C)C)c(SN[C@@H](C)[C@@H](NC(=O)CCC2=CCC=CC2)c2ccccc2)c(C(C)C)c1. The molecule has 0 aromatic heterocycles. The molecule has 0 radical (unpaired) electrons. The van der Waals surface area contributed by atoms with Crippen LogP contribution in [-0.2, 0) is 4.79 Å². The van der Waals surface area contributed by atoms with Gasteiger partial charge in [-0.2, -0.15) is 0 Å². The van der Waals surface area contributed by atoms with Crippen molar-refractivity contribution < 1.29 is 4.79 Å². The molecule has 2 atom stereocenters. The molecule has 2 aromatic carbocycles. The number of amides is 1. The van der Waals surface area contributed by atoms with Crippen LogP contribution in [0.25, 0.3) is 0 Å². The second-order valence-electron chi connectivity index (χ2n) is 11.2. The smallest absolute Gasteiger partial charge is 0.220 e. The van der Waals surface area contributed by atoms with Crippen LogP contribution < -0.4 is 10.0 Å². The Morgan fingerprint density at radius 3 is 2.05 bits per heavy atom. The van der Waals surface area contributed by atoms with Crippen molar-refractivity contribution >= 4 is 17.9 Å². The van der Waals surface area contributed by atoms with E-state index >= 15 is 0 Å². The molecule has 2 aromatic rings. The molecule has 0 bridgehead atoms. The summed E-state index contributed by atoms with van der Waals surface area (Å²) in [7, 11) is 0. The number of allylic oxidation sites excluding steroid dienone is 4. The number of rotatable bonds is 12. The average Bonchev–Trinajstić information content (AvgIpc) is 2.89. The highest BCUT2D eigenvalue weighted by atomic mass is 32.2. The van der Waals surface area contributed by atoms with E-state index in [1.165, 1.54) is 27.2 Å². The molecule has 3 nitrogen and oxygen atoms in total. The van der Waals surface area contributed by atoms with Gasteiger partial charge < -0.3 is 5.32 Å². The summed E-state index contributed by atoms with van der Waals surface area (Å²) in [4.78, 5) is 14.4. The maximum absolute atomic E-state index is 13.0. The van der Waals surface area contributed by atoms with Gasteiger partial charge in [-0.1, -0.05) is 108 Å². The van der Waals surface area contributed by atoms with Gasteiger partial charge in [0.05, 0.1) is 6.04 Å². The van der Waals surface area contributed by atoms with Crippen molar-refractivity contribution in [2.75, 3.05) is 0 Å². The third-order valence-electron chi connectivity index (χ3n) is 7.16. The number of nitrogens with one attached hydrogen (secondary N) is 2. The lowest BCUT2D eigenvalue weighted by molar-refractivity contribution is -0.122. The maximum Gasteiger partial charge on any atom is 0.220 e. The maximum atomic E-state index is 13.0. The summed E-state index contributed by atoms with van der Waals surface area (Å²) in [6.07, 6.45) is 9.94. The van der Waals surface area contributed by atoms with E-state index in [9.17, 15) is 4.79 Å². The lowest BCUT2D eigenvalue weighted by atomic mass is 9.89. The van der Waals surface area contributed by atoms with Gasteiger partial charge in [0.2, 0.25) is 5.91 Å². The average molecular weight is 519 g/mol. The van der Waals surface area contributed by atoms with Crippen molar-refractivity contribution in [2.24, 2.45) is 0 Å². The van der Waals surface area contributed by atoms with Crippen LogP contribution >= 0.6 is 11.9 Å². The molecule has 0 fully saturated rings. The minimum absolute atomic E-state index is 0.0398. The molecule has 1 aliphatic rings. The first-order valence-corrected chi connectivity index (χ1v) is 14.8. The van der Waals surface area contributed by atoms with Gasteiger partial charge in [0.15, 0.2) is 0 Å². The number of hydrogen-bond donors (Lipinski definition) is 2. The van der Waals surface area contributed by atoms with E-state index in [2.05, 4.69) is 101 Å². The molecular formula is C33H46N2OS. The van der Waals surface area contributed by atoms with Crippen LogP contribution in [0.4, 0.5) is 0 Å². The summed E-state index contributed by atoms with van der Waals surface area (Å²) in [6.45, 7) is 15.8. The van der Waals surface area contributed by atoms with Gasteiger partial charge in [0.25, 0.3) is 0 Å². The highest BCUT2D eigenvalue weighted by Crippen LogP contribution is 2.38. The summed E-state index contributed by atoms with van der Waals surface area (Å²) in [6, 6.07) is 15.1. The molecule has 0 unspecified atom stereocenters. The Labute approximate surface area is 229 Å². The van der Waals surface area contributed by atoms with Crippen molar-refractivity contribution in [3.63, 3.8) is 0 Å². The van der Waals surface area contributed by atoms with Gasteiger partial charge in [-0.05, 0) is 78.1 Å². The Morgan fingerprint density at radius 1 is 0.865 bits per heavy atom. The molecule has 1 amide bonds. The normalized spacial score (nSPS) is 15.2. The molecule has 0 heterocycles. The molecule has 2 N–H and O–H groups in total. The minimum atomic E-state index is -0.110. The Kier molecular flexibility index (Phi) is 11.1. The molecule has 0 saturated heterocycles. The van der Waals surface area contributed by atoms with Crippen molar-refractivity contribution in [3.8, 4) is 0 Å². The standard InChI is InChI=1S/C33H46N2OS/c1-22(2)28-20-29(23(3)4)33(30(21-28)24(5)6)37-35-25(7)32(27-16-12-9-13-17-27)34-31(36)19-18-26-14-10-8-11-15-26/h8-10,12-13,15-17,20-25,32,35H,11,14,18-19H2,1-7H3,(H,34,36)/t25-,32+/m0/s1. The fraction of sp³-hybridized carbons (Fsp3) is 0.485. The zero-order valence-electron chi connectivity index (χ0n) is 23.8. The number of carbonyl (C=O) groups is 1. The number of carbonyl (C=O) groups excluding carboxylic acids is 1. The van der Waals surface area contributed by atoms with Crippen LogP contribution in [0.5, 0.6) is 0 Å². The predicted molar refractivity (Wildman–Crippen MR) is 160 cm³/mol.